The summed E-state index contributed by atoms with van der Waals surface area (Å²) in [5, 5.41) is 14.2. The van der Waals surface area contributed by atoms with E-state index < -0.39 is 4.92 Å². The molecule has 1 amide bonds. The number of hydrogen-bond acceptors (Lipinski definition) is 6. The second-order valence-electron chi connectivity index (χ2n) is 5.38. The van der Waals surface area contributed by atoms with Gasteiger partial charge in [-0.3, -0.25) is 14.9 Å². The van der Waals surface area contributed by atoms with Crippen LogP contribution in [0, 0.1) is 10.1 Å². The lowest BCUT2D eigenvalue weighted by molar-refractivity contribution is -0.385. The highest BCUT2D eigenvalue weighted by Gasteiger charge is 2.23. The molecular weight excluding hydrogens is 366 g/mol. The predicted molar refractivity (Wildman–Crippen MR) is 106 cm³/mol. The van der Waals surface area contributed by atoms with Gasteiger partial charge < -0.3 is 10.1 Å². The molecule has 3 rings (SSSR count). The SMILES string of the molecule is COc1ccc(N=C2NC(=O)/C(=C\C=C\c3ccccc3[N+](=O)[O-])S2)cc1. The van der Waals surface area contributed by atoms with Crippen LogP contribution >= 0.6 is 11.8 Å². The number of amidine groups is 1. The van der Waals surface area contributed by atoms with Crippen molar-refractivity contribution in [1.29, 1.82) is 0 Å². The molecule has 0 unspecified atom stereocenters. The van der Waals surface area contributed by atoms with E-state index in [0.717, 1.165) is 5.75 Å². The first-order valence-corrected chi connectivity index (χ1v) is 8.72. The fourth-order valence-corrected chi connectivity index (χ4v) is 3.10. The van der Waals surface area contributed by atoms with Crippen LogP contribution in [-0.4, -0.2) is 23.1 Å². The highest BCUT2D eigenvalue weighted by atomic mass is 32.2. The Morgan fingerprint density at radius 3 is 2.63 bits per heavy atom. The van der Waals surface area contributed by atoms with Gasteiger partial charge in [-0.25, -0.2) is 4.99 Å². The summed E-state index contributed by atoms with van der Waals surface area (Å²) in [7, 11) is 1.59. The molecular formula is C19H15N3O4S. The molecule has 0 saturated carbocycles. The Morgan fingerprint density at radius 1 is 1.19 bits per heavy atom. The quantitative estimate of drug-likeness (QED) is 0.479. The van der Waals surface area contributed by atoms with Gasteiger partial charge in [-0.1, -0.05) is 18.2 Å². The number of amides is 1. The van der Waals surface area contributed by atoms with E-state index in [1.54, 1.807) is 67.8 Å². The maximum absolute atomic E-state index is 12.0. The number of allylic oxidation sites excluding steroid dienone is 2. The van der Waals surface area contributed by atoms with Crippen molar-refractivity contribution in [1.82, 2.24) is 5.32 Å². The van der Waals surface area contributed by atoms with Gasteiger partial charge in [0.15, 0.2) is 5.17 Å². The number of aliphatic imine (C=N–C) groups is 1. The molecule has 2 aromatic rings. The van der Waals surface area contributed by atoms with Crippen LogP contribution in [0.5, 0.6) is 5.75 Å². The molecule has 0 spiro atoms. The Labute approximate surface area is 159 Å². The number of para-hydroxylation sites is 1. The maximum Gasteiger partial charge on any atom is 0.276 e. The summed E-state index contributed by atoms with van der Waals surface area (Å²) in [6, 6.07) is 13.5. The third-order valence-electron chi connectivity index (χ3n) is 3.61. The summed E-state index contributed by atoms with van der Waals surface area (Å²) in [5.74, 6) is 0.460. The third kappa shape index (κ3) is 4.62. The Balaban J connectivity index is 1.73. The monoisotopic (exact) mass is 381 g/mol. The number of thioether (sulfide) groups is 1. The van der Waals surface area contributed by atoms with E-state index in [-0.39, 0.29) is 11.6 Å². The van der Waals surface area contributed by atoms with Crippen LogP contribution in [0.15, 0.2) is 70.6 Å². The zero-order valence-electron chi connectivity index (χ0n) is 14.3. The molecule has 7 nitrogen and oxygen atoms in total. The van der Waals surface area contributed by atoms with E-state index in [9.17, 15) is 14.9 Å². The molecule has 0 radical (unpaired) electrons. The van der Waals surface area contributed by atoms with Crippen molar-refractivity contribution < 1.29 is 14.5 Å². The fourth-order valence-electron chi connectivity index (χ4n) is 2.30. The maximum atomic E-state index is 12.0. The first-order valence-electron chi connectivity index (χ1n) is 7.90. The van der Waals surface area contributed by atoms with Crippen LogP contribution in [0.4, 0.5) is 11.4 Å². The molecule has 1 heterocycles. The first kappa shape index (κ1) is 18.4. The van der Waals surface area contributed by atoms with E-state index >= 15 is 0 Å². The van der Waals surface area contributed by atoms with Crippen LogP contribution in [0.1, 0.15) is 5.56 Å². The van der Waals surface area contributed by atoms with Crippen molar-refractivity contribution in [3.63, 3.8) is 0 Å². The molecule has 136 valence electrons. The first-order chi connectivity index (χ1) is 13.1. The lowest BCUT2D eigenvalue weighted by Gasteiger charge is -1.99. The highest BCUT2D eigenvalue weighted by molar-refractivity contribution is 8.18. The molecule has 1 aliphatic rings. The third-order valence-corrected chi connectivity index (χ3v) is 4.54. The molecule has 1 aliphatic heterocycles. The number of nitro benzene ring substituents is 1. The van der Waals surface area contributed by atoms with Gasteiger partial charge in [0.2, 0.25) is 0 Å². The van der Waals surface area contributed by atoms with Crippen LogP contribution in [-0.2, 0) is 4.79 Å². The zero-order chi connectivity index (χ0) is 19.2. The molecule has 27 heavy (non-hydrogen) atoms. The van der Waals surface area contributed by atoms with E-state index in [2.05, 4.69) is 10.3 Å². The molecule has 0 aliphatic carbocycles. The lowest BCUT2D eigenvalue weighted by Crippen LogP contribution is -2.19. The molecule has 1 fully saturated rings. The molecule has 8 heteroatoms. The fraction of sp³-hybridized carbons (Fsp3) is 0.0526. The minimum absolute atomic E-state index is 0.0115. The predicted octanol–water partition coefficient (Wildman–Crippen LogP) is 4.05. The van der Waals surface area contributed by atoms with Gasteiger partial charge in [-0.2, -0.15) is 0 Å². The van der Waals surface area contributed by atoms with Crippen molar-refractivity contribution in [2.45, 2.75) is 0 Å². The molecule has 2 aromatic carbocycles. The van der Waals surface area contributed by atoms with E-state index in [0.29, 0.717) is 21.3 Å². The van der Waals surface area contributed by atoms with Gasteiger partial charge in [-0.15, -0.1) is 0 Å². The number of nitrogens with zero attached hydrogens (tertiary/aromatic N) is 2. The highest BCUT2D eigenvalue weighted by Crippen LogP contribution is 2.27. The number of nitro groups is 1. The van der Waals surface area contributed by atoms with Gasteiger partial charge in [0.05, 0.1) is 28.2 Å². The van der Waals surface area contributed by atoms with Gasteiger partial charge in [-0.05, 0) is 54.2 Å². The molecule has 1 N–H and O–H groups in total. The number of methoxy groups -OCH3 is 1. The van der Waals surface area contributed by atoms with Crippen molar-refractivity contribution in [3.8, 4) is 5.75 Å². The van der Waals surface area contributed by atoms with Gasteiger partial charge in [0.25, 0.3) is 11.6 Å². The molecule has 0 atom stereocenters. The van der Waals surface area contributed by atoms with Gasteiger partial charge in [0.1, 0.15) is 5.75 Å². The van der Waals surface area contributed by atoms with Crippen molar-refractivity contribution in [2.24, 2.45) is 4.99 Å². The standard InChI is InChI=1S/C19H15N3O4S/c1-26-15-11-9-14(10-12-15)20-19-21-18(23)17(27-19)8-4-6-13-5-2-3-7-16(13)22(24)25/h2-12H,1H3,(H,20,21,23)/b6-4+,17-8+. The van der Waals surface area contributed by atoms with Crippen LogP contribution < -0.4 is 10.1 Å². The number of nitrogens with one attached hydrogen (secondary N) is 1. The number of ether oxygens (including phenoxy) is 1. The van der Waals surface area contributed by atoms with Crippen molar-refractivity contribution >= 4 is 40.3 Å². The Hall–Kier alpha value is -3.39. The Kier molecular flexibility index (Phi) is 5.68. The van der Waals surface area contributed by atoms with E-state index in [1.807, 2.05) is 0 Å². The summed E-state index contributed by atoms with van der Waals surface area (Å²) in [6.07, 6.45) is 4.81. The Bertz CT molecular complexity index is 965. The topological polar surface area (TPSA) is 93.8 Å². The minimum atomic E-state index is -0.441. The summed E-state index contributed by atoms with van der Waals surface area (Å²) in [6.45, 7) is 0. The van der Waals surface area contributed by atoms with Gasteiger partial charge >= 0.3 is 0 Å². The molecule has 0 bridgehead atoms. The number of hydrogen-bond donors (Lipinski definition) is 1. The minimum Gasteiger partial charge on any atom is -0.497 e. The lowest BCUT2D eigenvalue weighted by atomic mass is 10.1. The number of rotatable bonds is 5. The average Bonchev–Trinajstić information content (AvgIpc) is 3.02. The average molecular weight is 381 g/mol. The van der Waals surface area contributed by atoms with Crippen LogP contribution in [0.2, 0.25) is 0 Å². The largest absolute Gasteiger partial charge is 0.497 e. The number of carbonyl (C=O) groups excluding carboxylic acids is 1. The summed E-state index contributed by atoms with van der Waals surface area (Å²) < 4.78 is 5.09. The molecule has 0 aromatic heterocycles. The zero-order valence-corrected chi connectivity index (χ0v) is 15.1. The second-order valence-corrected chi connectivity index (χ2v) is 6.41. The summed E-state index contributed by atoms with van der Waals surface area (Å²) in [4.78, 5) is 27.5. The molecule has 1 saturated heterocycles. The van der Waals surface area contributed by atoms with Gasteiger partial charge in [0, 0.05) is 6.07 Å². The van der Waals surface area contributed by atoms with Crippen LogP contribution in [0.25, 0.3) is 6.08 Å². The Morgan fingerprint density at radius 2 is 1.93 bits per heavy atom. The normalized spacial score (nSPS) is 16.9. The van der Waals surface area contributed by atoms with Crippen molar-refractivity contribution in [2.75, 3.05) is 7.11 Å². The second kappa shape index (κ2) is 8.33. The summed E-state index contributed by atoms with van der Waals surface area (Å²) >= 11 is 1.20. The number of benzene rings is 2. The summed E-state index contributed by atoms with van der Waals surface area (Å²) in [5.41, 5.74) is 1.17. The number of carbonyl (C=O) groups is 1. The van der Waals surface area contributed by atoms with E-state index in [1.165, 1.54) is 17.8 Å². The van der Waals surface area contributed by atoms with Crippen LogP contribution in [0.3, 0.4) is 0 Å². The smallest absolute Gasteiger partial charge is 0.276 e. The van der Waals surface area contributed by atoms with Crippen molar-refractivity contribution in [3.05, 3.63) is 81.3 Å². The van der Waals surface area contributed by atoms with E-state index in [4.69, 9.17) is 4.74 Å².